The number of halogens is 1. The molecular formula is C23H24ClN3O4. The average molecular weight is 442 g/mol. The van der Waals surface area contributed by atoms with Gasteiger partial charge in [-0.25, -0.2) is 4.68 Å². The van der Waals surface area contributed by atoms with E-state index >= 15 is 0 Å². The SMILES string of the molecule is COc1cc(NC(=O)/C=C/c2c(C)nn(Cc3ccccc3)c2Cl)cc(OC)c1OC. The van der Waals surface area contributed by atoms with Gasteiger partial charge in [-0.15, -0.1) is 0 Å². The molecule has 0 aliphatic rings. The maximum absolute atomic E-state index is 12.5. The highest BCUT2D eigenvalue weighted by Gasteiger charge is 2.15. The Morgan fingerprint density at radius 1 is 1.10 bits per heavy atom. The second-order valence-electron chi connectivity index (χ2n) is 6.67. The normalized spacial score (nSPS) is 10.9. The Morgan fingerprint density at radius 3 is 2.32 bits per heavy atom. The summed E-state index contributed by atoms with van der Waals surface area (Å²) < 4.78 is 17.6. The Kier molecular flexibility index (Phi) is 7.20. The van der Waals surface area contributed by atoms with Crippen LogP contribution in [0.5, 0.6) is 17.2 Å². The van der Waals surface area contributed by atoms with Gasteiger partial charge in [0.2, 0.25) is 11.7 Å². The average Bonchev–Trinajstić information content (AvgIpc) is 3.04. The zero-order chi connectivity index (χ0) is 22.4. The van der Waals surface area contributed by atoms with Crippen LogP contribution in [0.15, 0.2) is 48.5 Å². The van der Waals surface area contributed by atoms with Crippen molar-refractivity contribution < 1.29 is 19.0 Å². The molecule has 31 heavy (non-hydrogen) atoms. The summed E-state index contributed by atoms with van der Waals surface area (Å²) in [4.78, 5) is 12.5. The van der Waals surface area contributed by atoms with Crippen LogP contribution in [-0.4, -0.2) is 37.0 Å². The van der Waals surface area contributed by atoms with Gasteiger partial charge < -0.3 is 19.5 Å². The van der Waals surface area contributed by atoms with Gasteiger partial charge in [0.1, 0.15) is 5.15 Å². The van der Waals surface area contributed by atoms with Crippen molar-refractivity contribution in [1.29, 1.82) is 0 Å². The van der Waals surface area contributed by atoms with Crippen LogP contribution in [0.4, 0.5) is 5.69 Å². The minimum absolute atomic E-state index is 0.333. The van der Waals surface area contributed by atoms with E-state index in [1.54, 1.807) is 22.9 Å². The number of methoxy groups -OCH3 is 3. The molecule has 1 aromatic heterocycles. The van der Waals surface area contributed by atoms with E-state index in [0.717, 1.165) is 11.3 Å². The molecule has 0 bridgehead atoms. The number of hydrogen-bond acceptors (Lipinski definition) is 5. The van der Waals surface area contributed by atoms with Crippen LogP contribution in [-0.2, 0) is 11.3 Å². The van der Waals surface area contributed by atoms with Crippen molar-refractivity contribution in [3.63, 3.8) is 0 Å². The maximum Gasteiger partial charge on any atom is 0.248 e. The van der Waals surface area contributed by atoms with Crippen molar-refractivity contribution in [2.24, 2.45) is 0 Å². The zero-order valence-electron chi connectivity index (χ0n) is 17.8. The van der Waals surface area contributed by atoms with Crippen molar-refractivity contribution in [1.82, 2.24) is 9.78 Å². The monoisotopic (exact) mass is 441 g/mol. The second-order valence-corrected chi connectivity index (χ2v) is 7.03. The Bertz CT molecular complexity index is 1070. The van der Waals surface area contributed by atoms with Crippen LogP contribution >= 0.6 is 11.6 Å². The van der Waals surface area contributed by atoms with E-state index in [0.29, 0.717) is 40.2 Å². The number of hydrogen-bond donors (Lipinski definition) is 1. The molecule has 3 rings (SSSR count). The number of benzene rings is 2. The predicted molar refractivity (Wildman–Crippen MR) is 121 cm³/mol. The summed E-state index contributed by atoms with van der Waals surface area (Å²) in [6.07, 6.45) is 3.06. The number of nitrogens with one attached hydrogen (secondary N) is 1. The van der Waals surface area contributed by atoms with Crippen LogP contribution < -0.4 is 19.5 Å². The molecule has 1 amide bonds. The first-order valence-corrected chi connectivity index (χ1v) is 9.90. The fourth-order valence-electron chi connectivity index (χ4n) is 3.11. The van der Waals surface area contributed by atoms with E-state index in [2.05, 4.69) is 10.4 Å². The number of rotatable bonds is 8. The third-order valence-electron chi connectivity index (χ3n) is 4.62. The number of carbonyl (C=O) groups is 1. The van der Waals surface area contributed by atoms with Crippen molar-refractivity contribution in [3.05, 3.63) is 70.5 Å². The molecule has 162 valence electrons. The van der Waals surface area contributed by atoms with Gasteiger partial charge in [-0.2, -0.15) is 5.10 Å². The smallest absolute Gasteiger partial charge is 0.248 e. The van der Waals surface area contributed by atoms with Gasteiger partial charge in [0.25, 0.3) is 0 Å². The van der Waals surface area contributed by atoms with Gasteiger partial charge in [0.15, 0.2) is 11.5 Å². The number of carbonyl (C=O) groups excluding carboxylic acids is 1. The van der Waals surface area contributed by atoms with Gasteiger partial charge in [0, 0.05) is 29.5 Å². The molecule has 0 aliphatic carbocycles. The first-order chi connectivity index (χ1) is 15.0. The molecule has 8 heteroatoms. The lowest BCUT2D eigenvalue weighted by molar-refractivity contribution is -0.111. The standard InChI is InChI=1S/C23H24ClN3O4/c1-15-18(23(24)27(26-15)14-16-8-6-5-7-9-16)10-11-21(28)25-17-12-19(29-2)22(31-4)20(13-17)30-3/h5-13H,14H2,1-4H3,(H,25,28)/b11-10+. The molecule has 7 nitrogen and oxygen atoms in total. The number of aromatic nitrogens is 2. The van der Waals surface area contributed by atoms with E-state index in [-0.39, 0.29) is 5.91 Å². The molecule has 1 N–H and O–H groups in total. The topological polar surface area (TPSA) is 74.6 Å². The number of ether oxygens (including phenoxy) is 3. The summed E-state index contributed by atoms with van der Waals surface area (Å²) >= 11 is 6.51. The van der Waals surface area contributed by atoms with E-state index < -0.39 is 0 Å². The molecule has 0 fully saturated rings. The lowest BCUT2D eigenvalue weighted by atomic mass is 10.2. The molecule has 0 saturated heterocycles. The minimum atomic E-state index is -0.333. The predicted octanol–water partition coefficient (Wildman–Crippen LogP) is 4.57. The Morgan fingerprint density at radius 2 is 1.74 bits per heavy atom. The highest BCUT2D eigenvalue weighted by molar-refractivity contribution is 6.31. The third-order valence-corrected chi connectivity index (χ3v) is 5.02. The molecule has 2 aromatic carbocycles. The minimum Gasteiger partial charge on any atom is -0.493 e. The quantitative estimate of drug-likeness (QED) is 0.518. The molecule has 0 spiro atoms. The molecule has 1 heterocycles. The lowest BCUT2D eigenvalue weighted by Gasteiger charge is -2.14. The van der Waals surface area contributed by atoms with Crippen LogP contribution in [0.1, 0.15) is 16.8 Å². The highest BCUT2D eigenvalue weighted by Crippen LogP contribution is 2.39. The Hall–Kier alpha value is -3.45. The summed E-state index contributed by atoms with van der Waals surface area (Å²) in [5.41, 5.74) is 3.02. The summed E-state index contributed by atoms with van der Waals surface area (Å²) in [6.45, 7) is 2.40. The molecule has 0 aliphatic heterocycles. The first-order valence-electron chi connectivity index (χ1n) is 9.52. The molecule has 3 aromatic rings. The molecular weight excluding hydrogens is 418 g/mol. The van der Waals surface area contributed by atoms with E-state index in [1.165, 1.54) is 27.4 Å². The van der Waals surface area contributed by atoms with Gasteiger partial charge in [-0.3, -0.25) is 4.79 Å². The number of anilines is 1. The Balaban J connectivity index is 1.76. The molecule has 0 radical (unpaired) electrons. The van der Waals surface area contributed by atoms with Crippen molar-refractivity contribution in [3.8, 4) is 17.2 Å². The lowest BCUT2D eigenvalue weighted by Crippen LogP contribution is -2.08. The fraction of sp³-hybridized carbons (Fsp3) is 0.217. The van der Waals surface area contributed by atoms with E-state index in [9.17, 15) is 4.79 Å². The molecule has 0 atom stereocenters. The van der Waals surface area contributed by atoms with Crippen LogP contribution in [0, 0.1) is 6.92 Å². The molecule has 0 unspecified atom stereocenters. The summed E-state index contributed by atoms with van der Waals surface area (Å²) in [5, 5.41) is 7.74. The van der Waals surface area contributed by atoms with Crippen molar-refractivity contribution in [2.45, 2.75) is 13.5 Å². The number of amides is 1. The van der Waals surface area contributed by atoms with E-state index in [4.69, 9.17) is 25.8 Å². The van der Waals surface area contributed by atoms with Gasteiger partial charge >= 0.3 is 0 Å². The summed E-state index contributed by atoms with van der Waals surface area (Å²) in [7, 11) is 4.55. The van der Waals surface area contributed by atoms with Crippen LogP contribution in [0.25, 0.3) is 6.08 Å². The van der Waals surface area contributed by atoms with E-state index in [1.807, 2.05) is 37.3 Å². The molecule has 0 saturated carbocycles. The first kappa shape index (κ1) is 22.2. The second kappa shape index (κ2) is 10.0. The maximum atomic E-state index is 12.5. The highest BCUT2D eigenvalue weighted by atomic mass is 35.5. The van der Waals surface area contributed by atoms with Gasteiger partial charge in [-0.1, -0.05) is 41.9 Å². The van der Waals surface area contributed by atoms with Crippen LogP contribution in [0.3, 0.4) is 0 Å². The van der Waals surface area contributed by atoms with Gasteiger partial charge in [0.05, 0.1) is 33.6 Å². The third kappa shape index (κ3) is 5.19. The van der Waals surface area contributed by atoms with Crippen molar-refractivity contribution >= 4 is 29.3 Å². The fourth-order valence-corrected chi connectivity index (χ4v) is 3.41. The Labute approximate surface area is 186 Å². The summed E-state index contributed by atoms with van der Waals surface area (Å²) in [6, 6.07) is 13.2. The van der Waals surface area contributed by atoms with Crippen LogP contribution in [0.2, 0.25) is 5.15 Å². The number of aryl methyl sites for hydroxylation is 1. The number of nitrogens with zero attached hydrogens (tertiary/aromatic N) is 2. The summed E-state index contributed by atoms with van der Waals surface area (Å²) in [5.74, 6) is 1.01. The zero-order valence-corrected chi connectivity index (χ0v) is 18.6. The van der Waals surface area contributed by atoms with Crippen molar-refractivity contribution in [2.75, 3.05) is 26.6 Å². The largest absolute Gasteiger partial charge is 0.493 e. The van der Waals surface area contributed by atoms with Gasteiger partial charge in [-0.05, 0) is 18.6 Å².